The van der Waals surface area contributed by atoms with Crippen LogP contribution in [-0.2, 0) is 16.0 Å². The average molecular weight is 351 g/mol. The van der Waals surface area contributed by atoms with Crippen LogP contribution >= 0.6 is 11.6 Å². The van der Waals surface area contributed by atoms with Crippen LogP contribution in [0, 0.1) is 0 Å². The van der Waals surface area contributed by atoms with Gasteiger partial charge in [0.05, 0.1) is 37.4 Å². The average Bonchev–Trinajstić information content (AvgIpc) is 3.24. The zero-order valence-electron chi connectivity index (χ0n) is 13.5. The van der Waals surface area contributed by atoms with E-state index in [9.17, 15) is 4.79 Å². The minimum atomic E-state index is -0.0969. The maximum atomic E-state index is 12.7. The van der Waals surface area contributed by atoms with E-state index in [1.54, 1.807) is 43.5 Å². The number of nitrogens with one attached hydrogen (secondary N) is 1. The van der Waals surface area contributed by atoms with Gasteiger partial charge < -0.3 is 14.4 Å². The molecule has 1 aliphatic heterocycles. The zero-order valence-corrected chi connectivity index (χ0v) is 14.3. The maximum Gasteiger partial charge on any atom is 0.227 e. The lowest BCUT2D eigenvalue weighted by atomic mass is 10.0. The van der Waals surface area contributed by atoms with Crippen LogP contribution in [0.3, 0.4) is 0 Å². The van der Waals surface area contributed by atoms with E-state index in [0.717, 1.165) is 11.3 Å². The number of ether oxygens (including phenoxy) is 2. The fourth-order valence-electron chi connectivity index (χ4n) is 3.05. The molecule has 0 radical (unpaired) electrons. The molecule has 0 saturated carbocycles. The lowest BCUT2D eigenvalue weighted by Gasteiger charge is -2.17. The molecule has 7 nitrogen and oxygen atoms in total. The second-order valence-corrected chi connectivity index (χ2v) is 6.14. The van der Waals surface area contributed by atoms with Crippen LogP contribution in [0.5, 0.6) is 5.75 Å². The number of halogens is 1. The number of hydrogen-bond donors (Lipinski definition) is 1. The molecule has 8 heteroatoms. The molecule has 3 rings (SSSR count). The summed E-state index contributed by atoms with van der Waals surface area (Å²) in [5.41, 5.74) is 1.58. The van der Waals surface area contributed by atoms with Crippen LogP contribution < -0.4 is 4.74 Å². The van der Waals surface area contributed by atoms with Crippen molar-refractivity contribution in [3.05, 3.63) is 40.7 Å². The van der Waals surface area contributed by atoms with Gasteiger partial charge in [-0.25, -0.2) is 0 Å². The van der Waals surface area contributed by atoms with Crippen molar-refractivity contribution < 1.29 is 14.3 Å². The number of rotatable bonds is 5. The van der Waals surface area contributed by atoms with Gasteiger partial charge in [0, 0.05) is 30.8 Å². The molecule has 2 aromatic rings. The van der Waals surface area contributed by atoms with Crippen molar-refractivity contribution in [1.29, 1.82) is 0 Å². The Morgan fingerprint density at radius 3 is 2.92 bits per heavy atom. The summed E-state index contributed by atoms with van der Waals surface area (Å²) >= 11 is 6.03. The van der Waals surface area contributed by atoms with Crippen LogP contribution in [0.1, 0.15) is 17.2 Å². The number of hydrogen-bond acceptors (Lipinski definition) is 5. The van der Waals surface area contributed by atoms with Gasteiger partial charge in [0.1, 0.15) is 5.75 Å². The lowest BCUT2D eigenvalue weighted by Crippen LogP contribution is -2.31. The number of amides is 1. The molecule has 0 bridgehead atoms. The minimum Gasteiger partial charge on any atom is -0.496 e. The van der Waals surface area contributed by atoms with Crippen molar-refractivity contribution in [3.8, 4) is 5.75 Å². The number of methoxy groups -OCH3 is 2. The molecule has 0 spiro atoms. The van der Waals surface area contributed by atoms with E-state index in [1.165, 1.54) is 0 Å². The van der Waals surface area contributed by atoms with E-state index in [-0.39, 0.29) is 24.3 Å². The largest absolute Gasteiger partial charge is 0.496 e. The molecule has 2 heterocycles. The van der Waals surface area contributed by atoms with E-state index in [0.29, 0.717) is 23.9 Å². The van der Waals surface area contributed by atoms with Crippen molar-refractivity contribution in [3.63, 3.8) is 0 Å². The summed E-state index contributed by atoms with van der Waals surface area (Å²) in [6.45, 7) is 1.07. The molecule has 24 heavy (non-hydrogen) atoms. The summed E-state index contributed by atoms with van der Waals surface area (Å²) in [6, 6.07) is 5.27. The van der Waals surface area contributed by atoms with E-state index in [1.807, 2.05) is 0 Å². The first kappa shape index (κ1) is 16.7. The molecule has 1 aliphatic rings. The van der Waals surface area contributed by atoms with Crippen molar-refractivity contribution in [2.24, 2.45) is 0 Å². The second kappa shape index (κ2) is 7.19. The Bertz CT molecular complexity index is 707. The SMILES string of the molecule is COc1ccc(Cl)cc1CC(=O)N1C[C@@H](OC)[C@H](c2cn[nH]n2)C1. The third-order valence-corrected chi connectivity index (χ3v) is 4.55. The van der Waals surface area contributed by atoms with Gasteiger partial charge >= 0.3 is 0 Å². The van der Waals surface area contributed by atoms with Crippen LogP contribution in [0.4, 0.5) is 0 Å². The van der Waals surface area contributed by atoms with E-state index >= 15 is 0 Å². The Labute approximate surface area is 144 Å². The Morgan fingerprint density at radius 2 is 2.25 bits per heavy atom. The summed E-state index contributed by atoms with van der Waals surface area (Å²) < 4.78 is 10.8. The molecule has 2 atom stereocenters. The first-order valence-corrected chi connectivity index (χ1v) is 7.98. The van der Waals surface area contributed by atoms with E-state index < -0.39 is 0 Å². The third kappa shape index (κ3) is 3.37. The molecule has 0 aliphatic carbocycles. The number of aromatic amines is 1. The molecule has 1 N–H and O–H groups in total. The van der Waals surface area contributed by atoms with Crippen molar-refractivity contribution >= 4 is 17.5 Å². The first-order valence-electron chi connectivity index (χ1n) is 7.61. The zero-order chi connectivity index (χ0) is 17.1. The van der Waals surface area contributed by atoms with Gasteiger partial charge in [-0.1, -0.05) is 11.6 Å². The highest BCUT2D eigenvalue weighted by molar-refractivity contribution is 6.30. The van der Waals surface area contributed by atoms with E-state index in [4.69, 9.17) is 21.1 Å². The summed E-state index contributed by atoms with van der Waals surface area (Å²) in [4.78, 5) is 14.5. The van der Waals surface area contributed by atoms with Gasteiger partial charge in [-0.15, -0.1) is 0 Å². The quantitative estimate of drug-likeness (QED) is 0.886. The normalized spacial score (nSPS) is 20.4. The van der Waals surface area contributed by atoms with Gasteiger partial charge in [-0.05, 0) is 18.2 Å². The molecule has 128 valence electrons. The van der Waals surface area contributed by atoms with Crippen LogP contribution in [0.2, 0.25) is 5.02 Å². The molecule has 1 aromatic heterocycles. The Morgan fingerprint density at radius 1 is 1.42 bits per heavy atom. The number of carbonyl (C=O) groups is 1. The van der Waals surface area contributed by atoms with Gasteiger partial charge in [-0.2, -0.15) is 15.4 Å². The molecular weight excluding hydrogens is 332 g/mol. The molecule has 0 unspecified atom stereocenters. The van der Waals surface area contributed by atoms with Crippen LogP contribution in [-0.4, -0.2) is 59.6 Å². The second-order valence-electron chi connectivity index (χ2n) is 5.71. The van der Waals surface area contributed by atoms with Crippen molar-refractivity contribution in [2.75, 3.05) is 27.3 Å². The topological polar surface area (TPSA) is 80.3 Å². The maximum absolute atomic E-state index is 12.7. The highest BCUT2D eigenvalue weighted by atomic mass is 35.5. The third-order valence-electron chi connectivity index (χ3n) is 4.32. The number of aromatic nitrogens is 3. The fraction of sp³-hybridized carbons (Fsp3) is 0.438. The van der Waals surface area contributed by atoms with Crippen molar-refractivity contribution in [2.45, 2.75) is 18.4 Å². The standard InChI is InChI=1S/C16H19ClN4O3/c1-23-14-4-3-11(17)5-10(14)6-16(22)21-8-12(15(9-21)24-2)13-7-18-20-19-13/h3-5,7,12,15H,6,8-9H2,1-2H3,(H,18,19,20)/t12-,15+/m0/s1. The minimum absolute atomic E-state index is 0.00334. The number of nitrogens with zero attached hydrogens (tertiary/aromatic N) is 3. The van der Waals surface area contributed by atoms with Crippen LogP contribution in [0.15, 0.2) is 24.4 Å². The molecule has 1 aromatic carbocycles. The van der Waals surface area contributed by atoms with Gasteiger partial charge in [0.15, 0.2) is 0 Å². The Kier molecular flexibility index (Phi) is 5.01. The van der Waals surface area contributed by atoms with E-state index in [2.05, 4.69) is 15.4 Å². The smallest absolute Gasteiger partial charge is 0.227 e. The monoisotopic (exact) mass is 350 g/mol. The summed E-state index contributed by atoms with van der Waals surface area (Å²) in [7, 11) is 3.22. The first-order chi connectivity index (χ1) is 11.6. The Hall–Kier alpha value is -2.12. The molecule has 1 amide bonds. The summed E-state index contributed by atoms with van der Waals surface area (Å²) in [5, 5.41) is 11.1. The predicted molar refractivity (Wildman–Crippen MR) is 88.2 cm³/mol. The fourth-order valence-corrected chi connectivity index (χ4v) is 3.24. The number of carbonyl (C=O) groups excluding carboxylic acids is 1. The van der Waals surface area contributed by atoms with Gasteiger partial charge in [-0.3, -0.25) is 4.79 Å². The predicted octanol–water partition coefficient (Wildman–Crippen LogP) is 1.65. The number of H-pyrrole nitrogens is 1. The van der Waals surface area contributed by atoms with Gasteiger partial charge in [0.2, 0.25) is 5.91 Å². The van der Waals surface area contributed by atoms with Crippen LogP contribution in [0.25, 0.3) is 0 Å². The molecular formula is C16H19ClN4O3. The number of benzene rings is 1. The number of likely N-dealkylation sites (tertiary alicyclic amines) is 1. The van der Waals surface area contributed by atoms with Crippen molar-refractivity contribution in [1.82, 2.24) is 20.3 Å². The highest BCUT2D eigenvalue weighted by Crippen LogP contribution is 2.29. The lowest BCUT2D eigenvalue weighted by molar-refractivity contribution is -0.129. The molecule has 1 fully saturated rings. The summed E-state index contributed by atoms with van der Waals surface area (Å²) in [6.07, 6.45) is 1.80. The summed E-state index contributed by atoms with van der Waals surface area (Å²) in [5.74, 6) is 0.672. The molecule has 1 saturated heterocycles. The van der Waals surface area contributed by atoms with Gasteiger partial charge in [0.25, 0.3) is 0 Å². The Balaban J connectivity index is 1.73. The highest BCUT2D eigenvalue weighted by Gasteiger charge is 2.37.